The fraction of sp³-hybridized carbons (Fsp3) is 1.00. The molecule has 16 heavy (non-hydrogen) atoms. The summed E-state index contributed by atoms with van der Waals surface area (Å²) in [6.45, 7) is 12.6. The van der Waals surface area contributed by atoms with Gasteiger partial charge in [0.1, 0.15) is 0 Å². The van der Waals surface area contributed by atoms with Gasteiger partial charge in [-0.05, 0) is 37.6 Å². The van der Waals surface area contributed by atoms with Crippen molar-refractivity contribution in [2.24, 2.45) is 17.6 Å². The number of rotatable bonds is 6. The monoisotopic (exact) mass is 226 g/mol. The zero-order valence-corrected chi connectivity index (χ0v) is 11.6. The summed E-state index contributed by atoms with van der Waals surface area (Å²) in [4.78, 5) is 2.67. The average molecular weight is 226 g/mol. The molecule has 1 rings (SSSR count). The lowest BCUT2D eigenvalue weighted by Gasteiger charge is -2.42. The van der Waals surface area contributed by atoms with Crippen molar-refractivity contribution < 1.29 is 0 Å². The lowest BCUT2D eigenvalue weighted by Crippen LogP contribution is -2.53. The maximum absolute atomic E-state index is 6.10. The van der Waals surface area contributed by atoms with Gasteiger partial charge < -0.3 is 5.73 Å². The van der Waals surface area contributed by atoms with E-state index in [0.29, 0.717) is 0 Å². The molecule has 0 amide bonds. The van der Waals surface area contributed by atoms with Crippen LogP contribution in [-0.2, 0) is 0 Å². The molecule has 0 saturated carbocycles. The first-order valence-corrected chi connectivity index (χ1v) is 7.03. The molecule has 3 atom stereocenters. The molecule has 1 aliphatic heterocycles. The molecule has 2 N–H and O–H groups in total. The summed E-state index contributed by atoms with van der Waals surface area (Å²) in [6, 6.07) is 0. The number of nitrogens with zero attached hydrogens (tertiary/aromatic N) is 1. The van der Waals surface area contributed by atoms with E-state index in [1.807, 2.05) is 0 Å². The predicted octanol–water partition coefficient (Wildman–Crippen LogP) is 2.87. The van der Waals surface area contributed by atoms with E-state index >= 15 is 0 Å². The summed E-state index contributed by atoms with van der Waals surface area (Å²) in [5.74, 6) is 1.65. The van der Waals surface area contributed by atoms with E-state index in [-0.39, 0.29) is 5.54 Å². The first-order valence-electron chi connectivity index (χ1n) is 7.03. The minimum absolute atomic E-state index is 0.278. The number of hydrogen-bond donors (Lipinski definition) is 1. The Kier molecular flexibility index (Phi) is 5.26. The fourth-order valence-electron chi connectivity index (χ4n) is 3.01. The Hall–Kier alpha value is -0.0800. The topological polar surface area (TPSA) is 29.3 Å². The van der Waals surface area contributed by atoms with Crippen molar-refractivity contribution in [2.45, 2.75) is 58.9 Å². The van der Waals surface area contributed by atoms with Gasteiger partial charge in [-0.2, -0.15) is 0 Å². The van der Waals surface area contributed by atoms with Crippen LogP contribution in [0, 0.1) is 11.8 Å². The maximum Gasteiger partial charge on any atom is 0.0331 e. The van der Waals surface area contributed by atoms with E-state index < -0.39 is 0 Å². The van der Waals surface area contributed by atoms with Gasteiger partial charge >= 0.3 is 0 Å². The highest BCUT2D eigenvalue weighted by Crippen LogP contribution is 2.32. The summed E-state index contributed by atoms with van der Waals surface area (Å²) >= 11 is 0. The van der Waals surface area contributed by atoms with Gasteiger partial charge in [0.25, 0.3) is 0 Å². The van der Waals surface area contributed by atoms with Gasteiger partial charge in [-0.25, -0.2) is 0 Å². The average Bonchev–Trinajstić information content (AvgIpc) is 2.73. The van der Waals surface area contributed by atoms with E-state index in [0.717, 1.165) is 18.4 Å². The second-order valence-corrected chi connectivity index (χ2v) is 5.84. The van der Waals surface area contributed by atoms with Gasteiger partial charge in [0.15, 0.2) is 0 Å². The van der Waals surface area contributed by atoms with Gasteiger partial charge in [-0.15, -0.1) is 0 Å². The summed E-state index contributed by atoms with van der Waals surface area (Å²) in [7, 11) is 0. The zero-order chi connectivity index (χ0) is 12.2. The summed E-state index contributed by atoms with van der Waals surface area (Å²) in [5, 5.41) is 0. The van der Waals surface area contributed by atoms with Gasteiger partial charge in [0.2, 0.25) is 0 Å². The first-order chi connectivity index (χ1) is 7.57. The van der Waals surface area contributed by atoms with E-state index in [2.05, 4.69) is 32.6 Å². The van der Waals surface area contributed by atoms with Crippen molar-refractivity contribution in [3.05, 3.63) is 0 Å². The molecular weight excluding hydrogens is 196 g/mol. The highest BCUT2D eigenvalue weighted by atomic mass is 15.2. The van der Waals surface area contributed by atoms with Crippen LogP contribution in [-0.4, -0.2) is 30.1 Å². The Morgan fingerprint density at radius 2 is 2.12 bits per heavy atom. The van der Waals surface area contributed by atoms with Crippen molar-refractivity contribution in [1.82, 2.24) is 4.90 Å². The molecule has 1 aliphatic rings. The molecule has 2 heteroatoms. The molecule has 3 unspecified atom stereocenters. The highest BCUT2D eigenvalue weighted by Gasteiger charge is 2.37. The molecule has 1 saturated heterocycles. The number of likely N-dealkylation sites (tertiary alicyclic amines) is 1. The van der Waals surface area contributed by atoms with Crippen LogP contribution in [0.5, 0.6) is 0 Å². The zero-order valence-electron chi connectivity index (χ0n) is 11.6. The molecule has 96 valence electrons. The maximum atomic E-state index is 6.10. The summed E-state index contributed by atoms with van der Waals surface area (Å²) in [5.41, 5.74) is 6.38. The molecule has 1 heterocycles. The van der Waals surface area contributed by atoms with Crippen molar-refractivity contribution >= 4 is 0 Å². The van der Waals surface area contributed by atoms with Crippen LogP contribution >= 0.6 is 0 Å². The molecule has 1 fully saturated rings. The van der Waals surface area contributed by atoms with Gasteiger partial charge in [0.05, 0.1) is 0 Å². The quantitative estimate of drug-likeness (QED) is 0.754. The molecule has 0 aliphatic carbocycles. The minimum atomic E-state index is 0.278. The Morgan fingerprint density at radius 1 is 1.44 bits per heavy atom. The molecule has 0 spiro atoms. The highest BCUT2D eigenvalue weighted by molar-refractivity contribution is 4.94. The minimum Gasteiger partial charge on any atom is -0.329 e. The smallest absolute Gasteiger partial charge is 0.0331 e. The van der Waals surface area contributed by atoms with Crippen molar-refractivity contribution in [2.75, 3.05) is 19.6 Å². The number of hydrogen-bond acceptors (Lipinski definition) is 2. The van der Waals surface area contributed by atoms with Crippen molar-refractivity contribution in [1.29, 1.82) is 0 Å². The largest absolute Gasteiger partial charge is 0.329 e. The summed E-state index contributed by atoms with van der Waals surface area (Å²) in [6.07, 6.45) is 5.08. The van der Waals surface area contributed by atoms with Crippen LogP contribution in [0.25, 0.3) is 0 Å². The van der Waals surface area contributed by atoms with E-state index in [1.54, 1.807) is 0 Å². The number of nitrogens with two attached hydrogens (primary N) is 1. The second-order valence-electron chi connectivity index (χ2n) is 5.84. The third-order valence-electron chi connectivity index (χ3n) is 4.56. The standard InChI is InChI=1S/C14H30N2/c1-5-12(3)9-14(6-2,11-15)16-8-7-13(4)10-16/h12-13H,5-11,15H2,1-4H3. The Labute approximate surface area is 102 Å². The third-order valence-corrected chi connectivity index (χ3v) is 4.56. The van der Waals surface area contributed by atoms with Crippen LogP contribution < -0.4 is 5.73 Å². The van der Waals surface area contributed by atoms with Crippen LogP contribution in [0.15, 0.2) is 0 Å². The van der Waals surface area contributed by atoms with Gasteiger partial charge in [-0.1, -0.05) is 34.1 Å². The van der Waals surface area contributed by atoms with Crippen molar-refractivity contribution in [3.8, 4) is 0 Å². The Morgan fingerprint density at radius 3 is 2.50 bits per heavy atom. The summed E-state index contributed by atoms with van der Waals surface area (Å²) < 4.78 is 0. The molecule has 0 radical (unpaired) electrons. The normalized spacial score (nSPS) is 27.9. The second kappa shape index (κ2) is 6.02. The SMILES string of the molecule is CCC(C)CC(CC)(CN)N1CCC(C)C1. The Balaban J connectivity index is 2.70. The van der Waals surface area contributed by atoms with Crippen LogP contribution in [0.4, 0.5) is 0 Å². The molecule has 2 nitrogen and oxygen atoms in total. The van der Waals surface area contributed by atoms with Crippen LogP contribution in [0.3, 0.4) is 0 Å². The molecular formula is C14H30N2. The predicted molar refractivity (Wildman–Crippen MR) is 71.5 cm³/mol. The van der Waals surface area contributed by atoms with Gasteiger partial charge in [-0.3, -0.25) is 4.90 Å². The molecule has 0 aromatic rings. The molecule has 0 aromatic heterocycles. The fourth-order valence-corrected chi connectivity index (χ4v) is 3.01. The molecule has 0 bridgehead atoms. The van der Waals surface area contributed by atoms with Crippen molar-refractivity contribution in [3.63, 3.8) is 0 Å². The first kappa shape index (κ1) is 14.0. The third kappa shape index (κ3) is 2.98. The van der Waals surface area contributed by atoms with E-state index in [4.69, 9.17) is 5.73 Å². The van der Waals surface area contributed by atoms with Crippen LogP contribution in [0.1, 0.15) is 53.4 Å². The lowest BCUT2D eigenvalue weighted by molar-refractivity contribution is 0.0874. The van der Waals surface area contributed by atoms with E-state index in [9.17, 15) is 0 Å². The lowest BCUT2D eigenvalue weighted by atomic mass is 9.83. The van der Waals surface area contributed by atoms with E-state index in [1.165, 1.54) is 38.8 Å². The molecule has 0 aromatic carbocycles. The van der Waals surface area contributed by atoms with Crippen LogP contribution in [0.2, 0.25) is 0 Å². The Bertz CT molecular complexity index is 199. The van der Waals surface area contributed by atoms with Gasteiger partial charge in [0, 0.05) is 18.6 Å².